The van der Waals surface area contributed by atoms with Crippen LogP contribution in [-0.4, -0.2) is 18.4 Å². The maximum atomic E-state index is 12.2. The molecule has 0 amide bonds. The molecular weight excluding hydrogens is 412 g/mol. The quantitative estimate of drug-likeness (QED) is 0.272. The van der Waals surface area contributed by atoms with Gasteiger partial charge in [0, 0.05) is 12.5 Å². The van der Waals surface area contributed by atoms with Crippen LogP contribution in [0.25, 0.3) is 0 Å². The zero-order valence-corrected chi connectivity index (χ0v) is 18.5. The highest BCUT2D eigenvalue weighted by atomic mass is 32.1. The second kappa shape index (κ2) is 11.3. The van der Waals surface area contributed by atoms with Gasteiger partial charge in [0.25, 0.3) is 0 Å². The molecule has 0 aliphatic carbocycles. The summed E-state index contributed by atoms with van der Waals surface area (Å²) in [6.07, 6.45) is 0.243. The largest absolute Gasteiger partial charge is 0.489 e. The van der Waals surface area contributed by atoms with Crippen molar-refractivity contribution in [1.82, 2.24) is 0 Å². The molecule has 0 spiro atoms. The van der Waals surface area contributed by atoms with Crippen LogP contribution in [0.1, 0.15) is 54.3 Å². The molecule has 5 nitrogen and oxygen atoms in total. The van der Waals surface area contributed by atoms with Crippen molar-refractivity contribution in [1.29, 1.82) is 0 Å². The molecule has 1 atom stereocenters. The number of hydrogen-bond donors (Lipinski definition) is 0. The Bertz CT molecular complexity index is 982. The molecule has 2 aromatic carbocycles. The van der Waals surface area contributed by atoms with Crippen molar-refractivity contribution in [3.8, 4) is 11.5 Å². The molecule has 1 unspecified atom stereocenters. The van der Waals surface area contributed by atoms with Gasteiger partial charge in [0.15, 0.2) is 5.78 Å². The number of carbonyl (C=O) groups excluding carboxylic acids is 2. The van der Waals surface area contributed by atoms with Gasteiger partial charge in [-0.25, -0.2) is 0 Å². The Morgan fingerprint density at radius 3 is 2.55 bits per heavy atom. The van der Waals surface area contributed by atoms with E-state index in [0.29, 0.717) is 36.7 Å². The summed E-state index contributed by atoms with van der Waals surface area (Å²) in [5.41, 5.74) is 2.48. The highest BCUT2D eigenvalue weighted by Crippen LogP contribution is 2.32. The highest BCUT2D eigenvalue weighted by Gasteiger charge is 2.19. The fourth-order valence-electron chi connectivity index (χ4n) is 3.12. The Labute approximate surface area is 186 Å². The first-order chi connectivity index (χ1) is 15.1. The lowest BCUT2D eigenvalue weighted by molar-refractivity contribution is -0.143. The van der Waals surface area contributed by atoms with Crippen molar-refractivity contribution in [3.05, 3.63) is 82.0 Å². The van der Waals surface area contributed by atoms with E-state index in [9.17, 15) is 9.59 Å². The molecule has 0 saturated heterocycles. The topological polar surface area (TPSA) is 61.8 Å². The van der Waals surface area contributed by atoms with E-state index < -0.39 is 6.10 Å². The molecule has 0 radical (unpaired) electrons. The van der Waals surface area contributed by atoms with Crippen LogP contribution >= 0.6 is 11.3 Å². The first kappa shape index (κ1) is 22.6. The van der Waals surface area contributed by atoms with Gasteiger partial charge in [0.05, 0.1) is 12.2 Å². The molecule has 162 valence electrons. The third-order valence-electron chi connectivity index (χ3n) is 4.67. The number of ketones is 1. The molecular formula is C25H26O5S. The van der Waals surface area contributed by atoms with Crippen molar-refractivity contribution < 1.29 is 23.8 Å². The second-order valence-electron chi connectivity index (χ2n) is 7.00. The molecule has 0 N–H and O–H groups in total. The van der Waals surface area contributed by atoms with Gasteiger partial charge in [-0.05, 0) is 60.4 Å². The number of thiophene rings is 1. The SMILES string of the molecule is CCOC(=O)CCC(Oc1cc(OCc2ccsc2)ccc1C(C)=O)c1ccccc1. The minimum absolute atomic E-state index is 0.100. The molecule has 3 rings (SSSR count). The Kier molecular flexibility index (Phi) is 8.24. The Hall–Kier alpha value is -3.12. The zero-order chi connectivity index (χ0) is 22.1. The summed E-state index contributed by atoms with van der Waals surface area (Å²) in [4.78, 5) is 24.1. The van der Waals surface area contributed by atoms with Gasteiger partial charge >= 0.3 is 5.97 Å². The fourth-order valence-corrected chi connectivity index (χ4v) is 3.77. The minimum atomic E-state index is -0.407. The standard InChI is InChI=1S/C25H26O5S/c1-3-28-25(27)12-11-23(20-7-5-4-6-8-20)30-24-15-21(9-10-22(24)18(2)26)29-16-19-13-14-31-17-19/h4-10,13-15,17,23H,3,11-12,16H2,1-2H3. The molecule has 1 heterocycles. The van der Waals surface area contributed by atoms with Crippen LogP contribution in [0.15, 0.2) is 65.4 Å². The van der Waals surface area contributed by atoms with Crippen LogP contribution in [0.3, 0.4) is 0 Å². The average Bonchev–Trinajstić information content (AvgIpc) is 3.29. The lowest BCUT2D eigenvalue weighted by atomic mass is 10.0. The molecule has 31 heavy (non-hydrogen) atoms. The molecule has 1 aromatic heterocycles. The summed E-state index contributed by atoms with van der Waals surface area (Å²) in [5.74, 6) is 0.680. The number of rotatable bonds is 11. The lowest BCUT2D eigenvalue weighted by Gasteiger charge is -2.21. The van der Waals surface area contributed by atoms with Crippen LogP contribution in [0.2, 0.25) is 0 Å². The molecule has 0 bridgehead atoms. The van der Waals surface area contributed by atoms with Gasteiger partial charge in [-0.2, -0.15) is 11.3 Å². The minimum Gasteiger partial charge on any atom is -0.489 e. The predicted octanol–water partition coefficient (Wildman–Crippen LogP) is 5.99. The highest BCUT2D eigenvalue weighted by molar-refractivity contribution is 7.07. The maximum Gasteiger partial charge on any atom is 0.305 e. The smallest absolute Gasteiger partial charge is 0.305 e. The monoisotopic (exact) mass is 438 g/mol. The van der Waals surface area contributed by atoms with Crippen LogP contribution in [-0.2, 0) is 16.1 Å². The summed E-state index contributed by atoms with van der Waals surface area (Å²) in [6.45, 7) is 4.06. The normalized spacial score (nSPS) is 11.5. The summed E-state index contributed by atoms with van der Waals surface area (Å²) < 4.78 is 17.2. The third kappa shape index (κ3) is 6.69. The lowest BCUT2D eigenvalue weighted by Crippen LogP contribution is -2.13. The first-order valence-corrected chi connectivity index (χ1v) is 11.2. The molecule has 0 saturated carbocycles. The van der Waals surface area contributed by atoms with Crippen LogP contribution in [0.4, 0.5) is 0 Å². The van der Waals surface area contributed by atoms with Crippen molar-refractivity contribution in [2.75, 3.05) is 6.61 Å². The summed E-state index contributed by atoms with van der Waals surface area (Å²) in [6, 6.07) is 16.9. The average molecular weight is 439 g/mol. The fraction of sp³-hybridized carbons (Fsp3) is 0.280. The van der Waals surface area contributed by atoms with Crippen molar-refractivity contribution >= 4 is 23.1 Å². The Morgan fingerprint density at radius 2 is 1.87 bits per heavy atom. The van der Waals surface area contributed by atoms with Gasteiger partial charge in [0.2, 0.25) is 0 Å². The van der Waals surface area contributed by atoms with Crippen LogP contribution in [0.5, 0.6) is 11.5 Å². The molecule has 6 heteroatoms. The van der Waals surface area contributed by atoms with E-state index in [1.165, 1.54) is 6.92 Å². The molecule has 0 aliphatic rings. The van der Waals surface area contributed by atoms with E-state index in [0.717, 1.165) is 11.1 Å². The summed E-state index contributed by atoms with van der Waals surface area (Å²) in [7, 11) is 0. The molecule has 0 fully saturated rings. The number of Topliss-reactive ketones (excluding diaryl/α,β-unsaturated/α-hetero) is 1. The van der Waals surface area contributed by atoms with Crippen molar-refractivity contribution in [2.24, 2.45) is 0 Å². The maximum absolute atomic E-state index is 12.2. The van der Waals surface area contributed by atoms with Gasteiger partial charge in [-0.1, -0.05) is 30.3 Å². The summed E-state index contributed by atoms with van der Waals surface area (Å²) in [5, 5.41) is 4.03. The number of hydrogen-bond acceptors (Lipinski definition) is 6. The van der Waals surface area contributed by atoms with E-state index in [1.807, 2.05) is 47.2 Å². The van der Waals surface area contributed by atoms with Crippen LogP contribution in [0, 0.1) is 0 Å². The molecule has 0 aliphatic heterocycles. The summed E-state index contributed by atoms with van der Waals surface area (Å²) >= 11 is 1.61. The predicted molar refractivity (Wildman–Crippen MR) is 121 cm³/mol. The van der Waals surface area contributed by atoms with E-state index in [1.54, 1.807) is 36.5 Å². The van der Waals surface area contributed by atoms with Gasteiger partial charge in [-0.3, -0.25) is 9.59 Å². The molecule has 3 aromatic rings. The van der Waals surface area contributed by atoms with Gasteiger partial charge in [-0.15, -0.1) is 0 Å². The number of ether oxygens (including phenoxy) is 3. The number of carbonyl (C=O) groups is 2. The van der Waals surface area contributed by atoms with E-state index >= 15 is 0 Å². The zero-order valence-electron chi connectivity index (χ0n) is 17.7. The van der Waals surface area contributed by atoms with Gasteiger partial charge in [0.1, 0.15) is 24.2 Å². The third-order valence-corrected chi connectivity index (χ3v) is 5.41. The van der Waals surface area contributed by atoms with Crippen LogP contribution < -0.4 is 9.47 Å². The van der Waals surface area contributed by atoms with E-state index in [4.69, 9.17) is 14.2 Å². The van der Waals surface area contributed by atoms with E-state index in [2.05, 4.69) is 0 Å². The Balaban J connectivity index is 1.82. The van der Waals surface area contributed by atoms with Gasteiger partial charge < -0.3 is 14.2 Å². The second-order valence-corrected chi connectivity index (χ2v) is 7.78. The number of esters is 1. The number of benzene rings is 2. The first-order valence-electron chi connectivity index (χ1n) is 10.2. The Morgan fingerprint density at radius 1 is 1.06 bits per heavy atom. The van der Waals surface area contributed by atoms with Crippen molar-refractivity contribution in [3.63, 3.8) is 0 Å². The van der Waals surface area contributed by atoms with Crippen molar-refractivity contribution in [2.45, 2.75) is 39.4 Å². The van der Waals surface area contributed by atoms with E-state index in [-0.39, 0.29) is 18.2 Å².